The van der Waals surface area contributed by atoms with E-state index in [0.29, 0.717) is 24.8 Å². The first-order valence-electron chi connectivity index (χ1n) is 9.45. The summed E-state index contributed by atoms with van der Waals surface area (Å²) in [6, 6.07) is 6.37. The maximum Gasteiger partial charge on any atom is 0.160 e. The van der Waals surface area contributed by atoms with Crippen molar-refractivity contribution in [3.8, 4) is 11.5 Å². The molecule has 148 valence electrons. The average molecular weight is 388 g/mol. The second-order valence-corrected chi connectivity index (χ2v) is 7.04. The predicted octanol–water partition coefficient (Wildman–Crippen LogP) is 4.39. The van der Waals surface area contributed by atoms with E-state index in [-0.39, 0.29) is 18.6 Å². The van der Waals surface area contributed by atoms with Gasteiger partial charge in [-0.25, -0.2) is 4.39 Å². The molecule has 1 unspecified atom stereocenters. The first-order valence-corrected chi connectivity index (χ1v) is 9.45. The summed E-state index contributed by atoms with van der Waals surface area (Å²) in [6.07, 6.45) is 6.29. The monoisotopic (exact) mass is 387 g/mol. The molecular weight excluding hydrogens is 357 g/mol. The van der Waals surface area contributed by atoms with Gasteiger partial charge in [-0.05, 0) is 43.4 Å². The molecule has 0 aromatic heterocycles. The van der Waals surface area contributed by atoms with Crippen LogP contribution in [0.15, 0.2) is 18.2 Å². The summed E-state index contributed by atoms with van der Waals surface area (Å²) in [5, 5.41) is 0. The SMILES string of the molecule is COc1ccc(CCO[C@H]2C(F)CCN2C2CCCCC2)cc1OC.Cl. The zero-order valence-corrected chi connectivity index (χ0v) is 16.6. The van der Waals surface area contributed by atoms with Gasteiger partial charge in [-0.1, -0.05) is 25.3 Å². The summed E-state index contributed by atoms with van der Waals surface area (Å²) < 4.78 is 30.9. The quantitative estimate of drug-likeness (QED) is 0.694. The minimum Gasteiger partial charge on any atom is -0.493 e. The predicted molar refractivity (Wildman–Crippen MR) is 103 cm³/mol. The van der Waals surface area contributed by atoms with Crippen molar-refractivity contribution in [1.82, 2.24) is 4.90 Å². The molecule has 1 saturated carbocycles. The smallest absolute Gasteiger partial charge is 0.160 e. The Hall–Kier alpha value is -1.04. The van der Waals surface area contributed by atoms with Gasteiger partial charge < -0.3 is 14.2 Å². The van der Waals surface area contributed by atoms with Crippen LogP contribution < -0.4 is 9.47 Å². The van der Waals surface area contributed by atoms with Crippen molar-refractivity contribution in [2.24, 2.45) is 0 Å². The van der Waals surface area contributed by atoms with Crippen molar-refractivity contribution in [3.63, 3.8) is 0 Å². The minimum atomic E-state index is -0.868. The molecular formula is C20H31ClFNO3. The summed E-state index contributed by atoms with van der Waals surface area (Å²) in [4.78, 5) is 2.28. The Morgan fingerprint density at radius 3 is 2.46 bits per heavy atom. The average Bonchev–Trinajstić information content (AvgIpc) is 3.03. The van der Waals surface area contributed by atoms with E-state index in [4.69, 9.17) is 14.2 Å². The second kappa shape index (κ2) is 10.3. The lowest BCUT2D eigenvalue weighted by molar-refractivity contribution is -0.0858. The number of ether oxygens (including phenoxy) is 3. The van der Waals surface area contributed by atoms with Crippen LogP contribution in [0.3, 0.4) is 0 Å². The summed E-state index contributed by atoms with van der Waals surface area (Å²) >= 11 is 0. The molecule has 1 aliphatic heterocycles. The normalized spacial score (nSPS) is 24.3. The van der Waals surface area contributed by atoms with Gasteiger partial charge in [-0.15, -0.1) is 12.4 Å². The van der Waals surface area contributed by atoms with Crippen LogP contribution in [0.25, 0.3) is 0 Å². The van der Waals surface area contributed by atoms with Crippen molar-refractivity contribution < 1.29 is 18.6 Å². The van der Waals surface area contributed by atoms with Crippen LogP contribution in [-0.4, -0.2) is 50.7 Å². The maximum atomic E-state index is 14.3. The molecule has 1 aromatic carbocycles. The van der Waals surface area contributed by atoms with Crippen LogP contribution >= 0.6 is 12.4 Å². The molecule has 0 N–H and O–H groups in total. The molecule has 3 rings (SSSR count). The zero-order chi connectivity index (χ0) is 17.6. The molecule has 2 fully saturated rings. The molecule has 2 atom stereocenters. The zero-order valence-electron chi connectivity index (χ0n) is 15.8. The number of nitrogens with zero attached hydrogens (tertiary/aromatic N) is 1. The Morgan fingerprint density at radius 2 is 1.77 bits per heavy atom. The molecule has 0 amide bonds. The molecule has 0 spiro atoms. The number of alkyl halides is 1. The van der Waals surface area contributed by atoms with E-state index in [0.717, 1.165) is 24.3 Å². The molecule has 0 radical (unpaired) electrons. The molecule has 6 heteroatoms. The van der Waals surface area contributed by atoms with Crippen LogP contribution in [0.1, 0.15) is 44.1 Å². The molecule has 1 heterocycles. The lowest BCUT2D eigenvalue weighted by Crippen LogP contribution is -2.44. The Bertz CT molecular complexity index is 554. The highest BCUT2D eigenvalue weighted by atomic mass is 35.5. The Labute approximate surface area is 162 Å². The largest absolute Gasteiger partial charge is 0.493 e. The number of halogens is 2. The van der Waals surface area contributed by atoms with Crippen molar-refractivity contribution in [1.29, 1.82) is 0 Å². The molecule has 1 saturated heterocycles. The van der Waals surface area contributed by atoms with Crippen molar-refractivity contribution in [3.05, 3.63) is 23.8 Å². The lowest BCUT2D eigenvalue weighted by atomic mass is 9.94. The minimum absolute atomic E-state index is 0. The number of hydrogen-bond donors (Lipinski definition) is 0. The molecule has 2 aliphatic rings. The third kappa shape index (κ3) is 5.02. The van der Waals surface area contributed by atoms with Gasteiger partial charge in [0.15, 0.2) is 11.5 Å². The van der Waals surface area contributed by atoms with Gasteiger partial charge in [0.1, 0.15) is 12.4 Å². The number of likely N-dealkylation sites (tertiary alicyclic amines) is 1. The number of rotatable bonds is 7. The van der Waals surface area contributed by atoms with Crippen LogP contribution in [-0.2, 0) is 11.2 Å². The fourth-order valence-electron chi connectivity index (χ4n) is 4.09. The van der Waals surface area contributed by atoms with E-state index >= 15 is 0 Å². The van der Waals surface area contributed by atoms with Crippen LogP contribution in [0, 0.1) is 0 Å². The molecule has 26 heavy (non-hydrogen) atoms. The molecule has 1 aromatic rings. The van der Waals surface area contributed by atoms with Gasteiger partial charge in [-0.2, -0.15) is 0 Å². The standard InChI is InChI=1S/C20H30FNO3.ClH/c1-23-18-9-8-15(14-19(18)24-2)11-13-25-20-17(21)10-12-22(20)16-6-4-3-5-7-16;/h8-9,14,16-17,20H,3-7,10-13H2,1-2H3;1H/t17?,20-;/m0./s1. The first-order chi connectivity index (χ1) is 12.2. The van der Waals surface area contributed by atoms with Gasteiger partial charge in [-0.3, -0.25) is 4.90 Å². The second-order valence-electron chi connectivity index (χ2n) is 7.04. The fraction of sp³-hybridized carbons (Fsp3) is 0.700. The number of hydrogen-bond acceptors (Lipinski definition) is 4. The third-order valence-corrected chi connectivity index (χ3v) is 5.47. The number of methoxy groups -OCH3 is 2. The van der Waals surface area contributed by atoms with Gasteiger partial charge in [0, 0.05) is 12.6 Å². The summed E-state index contributed by atoms with van der Waals surface area (Å²) in [5.74, 6) is 1.43. The van der Waals surface area contributed by atoms with Crippen LogP contribution in [0.4, 0.5) is 4.39 Å². The summed E-state index contributed by atoms with van der Waals surface area (Å²) in [5.41, 5.74) is 1.11. The third-order valence-electron chi connectivity index (χ3n) is 5.47. The summed E-state index contributed by atoms with van der Waals surface area (Å²) in [7, 11) is 3.26. The Balaban J connectivity index is 0.00000243. The van der Waals surface area contributed by atoms with Gasteiger partial charge in [0.25, 0.3) is 0 Å². The summed E-state index contributed by atoms with van der Waals surface area (Å²) in [6.45, 7) is 1.34. The Kier molecular flexibility index (Phi) is 8.45. The van der Waals surface area contributed by atoms with E-state index in [2.05, 4.69) is 4.90 Å². The Morgan fingerprint density at radius 1 is 1.04 bits per heavy atom. The van der Waals surface area contributed by atoms with E-state index in [1.54, 1.807) is 14.2 Å². The van der Waals surface area contributed by atoms with E-state index in [1.807, 2.05) is 18.2 Å². The van der Waals surface area contributed by atoms with Crippen molar-refractivity contribution >= 4 is 12.4 Å². The number of benzene rings is 1. The highest BCUT2D eigenvalue weighted by Crippen LogP contribution is 2.32. The van der Waals surface area contributed by atoms with E-state index < -0.39 is 6.17 Å². The lowest BCUT2D eigenvalue weighted by Gasteiger charge is -2.35. The fourth-order valence-corrected chi connectivity index (χ4v) is 4.09. The van der Waals surface area contributed by atoms with Gasteiger partial charge in [0.2, 0.25) is 0 Å². The van der Waals surface area contributed by atoms with Gasteiger partial charge >= 0.3 is 0 Å². The maximum absolute atomic E-state index is 14.3. The molecule has 1 aliphatic carbocycles. The van der Waals surface area contributed by atoms with E-state index in [9.17, 15) is 4.39 Å². The van der Waals surface area contributed by atoms with Crippen molar-refractivity contribution in [2.45, 2.75) is 63.4 Å². The topological polar surface area (TPSA) is 30.9 Å². The molecule has 0 bridgehead atoms. The highest BCUT2D eigenvalue weighted by molar-refractivity contribution is 5.85. The van der Waals surface area contributed by atoms with Crippen LogP contribution in [0.5, 0.6) is 11.5 Å². The van der Waals surface area contributed by atoms with E-state index in [1.165, 1.54) is 32.1 Å². The first kappa shape index (κ1) is 21.3. The van der Waals surface area contributed by atoms with Gasteiger partial charge in [0.05, 0.1) is 20.8 Å². The van der Waals surface area contributed by atoms with Crippen LogP contribution in [0.2, 0.25) is 0 Å². The van der Waals surface area contributed by atoms with Crippen molar-refractivity contribution in [2.75, 3.05) is 27.4 Å². The molecule has 4 nitrogen and oxygen atoms in total. The highest BCUT2D eigenvalue weighted by Gasteiger charge is 2.39.